The SMILES string of the molecule is CN(C)C(=O)[C@]1(Cc2ccccc2-c2cccs2)CCCN(C(=O)[C@@H]2CC23CCC3)C1. The molecule has 5 heteroatoms. The van der Waals surface area contributed by atoms with Crippen molar-refractivity contribution in [3.63, 3.8) is 0 Å². The van der Waals surface area contributed by atoms with Gasteiger partial charge in [-0.1, -0.05) is 36.8 Å². The van der Waals surface area contributed by atoms with E-state index in [9.17, 15) is 9.59 Å². The maximum absolute atomic E-state index is 13.6. The van der Waals surface area contributed by atoms with Crippen molar-refractivity contribution in [2.45, 2.75) is 44.9 Å². The molecule has 0 bridgehead atoms. The van der Waals surface area contributed by atoms with Gasteiger partial charge in [-0.25, -0.2) is 0 Å². The second kappa shape index (κ2) is 7.77. The van der Waals surface area contributed by atoms with Gasteiger partial charge >= 0.3 is 0 Å². The van der Waals surface area contributed by atoms with Crippen molar-refractivity contribution in [3.05, 3.63) is 47.3 Å². The average molecular weight is 437 g/mol. The summed E-state index contributed by atoms with van der Waals surface area (Å²) in [7, 11) is 3.69. The third-order valence-electron chi connectivity index (χ3n) is 7.92. The van der Waals surface area contributed by atoms with Crippen LogP contribution in [0, 0.1) is 16.7 Å². The molecule has 0 N–H and O–H groups in total. The van der Waals surface area contributed by atoms with Crippen LogP contribution < -0.4 is 0 Å². The van der Waals surface area contributed by atoms with Crippen LogP contribution in [0.5, 0.6) is 0 Å². The number of carbonyl (C=O) groups excluding carboxylic acids is 2. The lowest BCUT2D eigenvalue weighted by Crippen LogP contribution is -2.54. The molecule has 31 heavy (non-hydrogen) atoms. The largest absolute Gasteiger partial charge is 0.348 e. The summed E-state index contributed by atoms with van der Waals surface area (Å²) in [5.41, 5.74) is 2.19. The minimum absolute atomic E-state index is 0.153. The maximum Gasteiger partial charge on any atom is 0.230 e. The van der Waals surface area contributed by atoms with Crippen LogP contribution in [0.3, 0.4) is 0 Å². The standard InChI is InChI=1S/C26H32N2O2S/c1-27(2)24(30)26(16-19-8-3-4-9-20(19)22-10-5-15-31-22)13-7-14-28(18-26)23(29)21-17-25(21)11-6-12-25/h3-5,8-10,15,21H,6-7,11-14,16-18H2,1-2H3/t21-,26-/m0/s1. The van der Waals surface area contributed by atoms with Crippen molar-refractivity contribution in [2.75, 3.05) is 27.2 Å². The number of nitrogens with zero attached hydrogens (tertiary/aromatic N) is 2. The van der Waals surface area contributed by atoms with Gasteiger partial charge in [-0.3, -0.25) is 9.59 Å². The number of piperidine rings is 1. The minimum atomic E-state index is -0.549. The number of likely N-dealkylation sites (tertiary alicyclic amines) is 1. The zero-order chi connectivity index (χ0) is 21.6. The van der Waals surface area contributed by atoms with Crippen LogP contribution in [-0.2, 0) is 16.0 Å². The van der Waals surface area contributed by atoms with E-state index in [2.05, 4.69) is 41.8 Å². The van der Waals surface area contributed by atoms with Crippen LogP contribution in [-0.4, -0.2) is 48.8 Å². The Labute approximate surface area is 189 Å². The number of thiophene rings is 1. The maximum atomic E-state index is 13.6. The van der Waals surface area contributed by atoms with Gasteiger partial charge in [-0.2, -0.15) is 0 Å². The highest BCUT2D eigenvalue weighted by Gasteiger charge is 2.62. The van der Waals surface area contributed by atoms with Crippen LogP contribution in [0.2, 0.25) is 0 Å². The van der Waals surface area contributed by atoms with Gasteiger partial charge in [0.15, 0.2) is 0 Å². The fraction of sp³-hybridized carbons (Fsp3) is 0.538. The lowest BCUT2D eigenvalue weighted by atomic mass is 9.73. The Kier molecular flexibility index (Phi) is 5.20. The number of amides is 2. The predicted octanol–water partition coefficient (Wildman–Crippen LogP) is 4.84. The summed E-state index contributed by atoms with van der Waals surface area (Å²) in [6, 6.07) is 12.7. The molecule has 1 spiro atoms. The molecule has 2 atom stereocenters. The van der Waals surface area contributed by atoms with Gasteiger partial charge in [0.05, 0.1) is 5.41 Å². The number of carbonyl (C=O) groups is 2. The normalized spacial score (nSPS) is 26.4. The monoisotopic (exact) mass is 436 g/mol. The molecule has 1 aromatic heterocycles. The molecule has 2 aliphatic carbocycles. The Morgan fingerprint density at radius 1 is 1.10 bits per heavy atom. The fourth-order valence-electron chi connectivity index (χ4n) is 6.00. The molecule has 3 fully saturated rings. The predicted molar refractivity (Wildman–Crippen MR) is 125 cm³/mol. The molecular formula is C26H32N2O2S. The number of benzene rings is 1. The summed E-state index contributed by atoms with van der Waals surface area (Å²) in [6.45, 7) is 1.34. The molecule has 2 saturated carbocycles. The zero-order valence-corrected chi connectivity index (χ0v) is 19.4. The number of rotatable bonds is 5. The first-order valence-electron chi connectivity index (χ1n) is 11.6. The fourth-order valence-corrected chi connectivity index (χ4v) is 6.79. The van der Waals surface area contributed by atoms with E-state index in [4.69, 9.17) is 0 Å². The third kappa shape index (κ3) is 3.61. The molecule has 164 valence electrons. The second-order valence-corrected chi connectivity index (χ2v) is 11.1. The van der Waals surface area contributed by atoms with Crippen LogP contribution in [0.4, 0.5) is 0 Å². The van der Waals surface area contributed by atoms with Gasteiger partial charge in [0.25, 0.3) is 0 Å². The van der Waals surface area contributed by atoms with Crippen molar-refractivity contribution in [1.29, 1.82) is 0 Å². The lowest BCUT2D eigenvalue weighted by Gasteiger charge is -2.44. The van der Waals surface area contributed by atoms with E-state index in [0.29, 0.717) is 24.3 Å². The van der Waals surface area contributed by atoms with Gasteiger partial charge in [0.2, 0.25) is 11.8 Å². The quantitative estimate of drug-likeness (QED) is 0.673. The molecule has 5 rings (SSSR count). The molecule has 3 aliphatic rings. The Hall–Kier alpha value is -2.14. The van der Waals surface area contributed by atoms with E-state index in [-0.39, 0.29) is 11.8 Å². The van der Waals surface area contributed by atoms with Crippen LogP contribution in [0.25, 0.3) is 10.4 Å². The highest BCUT2D eigenvalue weighted by atomic mass is 32.1. The molecule has 0 radical (unpaired) electrons. The van der Waals surface area contributed by atoms with Crippen molar-refractivity contribution < 1.29 is 9.59 Å². The average Bonchev–Trinajstić information content (AvgIpc) is 3.31. The van der Waals surface area contributed by atoms with E-state index < -0.39 is 5.41 Å². The topological polar surface area (TPSA) is 40.6 Å². The summed E-state index contributed by atoms with van der Waals surface area (Å²) in [5, 5.41) is 2.10. The van der Waals surface area contributed by atoms with Crippen molar-refractivity contribution >= 4 is 23.2 Å². The minimum Gasteiger partial charge on any atom is -0.348 e. The number of hydrogen-bond donors (Lipinski definition) is 0. The van der Waals surface area contributed by atoms with Crippen LogP contribution in [0.1, 0.15) is 44.1 Å². The molecule has 1 aliphatic heterocycles. The van der Waals surface area contributed by atoms with Gasteiger partial charge in [0, 0.05) is 38.0 Å². The van der Waals surface area contributed by atoms with Gasteiger partial charge in [0.1, 0.15) is 0 Å². The van der Waals surface area contributed by atoms with Crippen LogP contribution in [0.15, 0.2) is 41.8 Å². The van der Waals surface area contributed by atoms with Gasteiger partial charge < -0.3 is 9.80 Å². The first-order valence-corrected chi connectivity index (χ1v) is 12.4. The Morgan fingerprint density at radius 2 is 1.90 bits per heavy atom. The summed E-state index contributed by atoms with van der Waals surface area (Å²) in [6.07, 6.45) is 7.18. The first-order chi connectivity index (χ1) is 14.9. The Balaban J connectivity index is 1.44. The highest BCUT2D eigenvalue weighted by Crippen LogP contribution is 2.66. The molecular weight excluding hydrogens is 404 g/mol. The van der Waals surface area contributed by atoms with E-state index in [1.54, 1.807) is 16.2 Å². The second-order valence-electron chi connectivity index (χ2n) is 10.1. The molecule has 2 aromatic rings. The summed E-state index contributed by atoms with van der Waals surface area (Å²) < 4.78 is 0. The molecule has 2 heterocycles. The van der Waals surface area contributed by atoms with E-state index >= 15 is 0 Å². The Bertz CT molecular complexity index is 979. The first kappa shape index (κ1) is 20.7. The summed E-state index contributed by atoms with van der Waals surface area (Å²) >= 11 is 1.73. The molecule has 0 unspecified atom stereocenters. The van der Waals surface area contributed by atoms with E-state index in [1.165, 1.54) is 35.3 Å². The molecule has 1 saturated heterocycles. The summed E-state index contributed by atoms with van der Waals surface area (Å²) in [5.74, 6) is 0.673. The third-order valence-corrected chi connectivity index (χ3v) is 8.82. The van der Waals surface area contributed by atoms with E-state index in [1.807, 2.05) is 19.0 Å². The van der Waals surface area contributed by atoms with Crippen molar-refractivity contribution in [1.82, 2.24) is 9.80 Å². The lowest BCUT2D eigenvalue weighted by molar-refractivity contribution is -0.148. The van der Waals surface area contributed by atoms with Gasteiger partial charge in [-0.15, -0.1) is 11.3 Å². The van der Waals surface area contributed by atoms with Gasteiger partial charge in [-0.05, 0) is 66.5 Å². The summed E-state index contributed by atoms with van der Waals surface area (Å²) in [4.78, 5) is 31.9. The molecule has 1 aromatic carbocycles. The van der Waals surface area contributed by atoms with Crippen molar-refractivity contribution in [2.24, 2.45) is 16.7 Å². The highest BCUT2D eigenvalue weighted by molar-refractivity contribution is 7.13. The number of hydrogen-bond acceptors (Lipinski definition) is 3. The van der Waals surface area contributed by atoms with E-state index in [0.717, 1.165) is 25.8 Å². The molecule has 4 nitrogen and oxygen atoms in total. The smallest absolute Gasteiger partial charge is 0.230 e. The molecule has 2 amide bonds. The zero-order valence-electron chi connectivity index (χ0n) is 18.6. The van der Waals surface area contributed by atoms with Crippen molar-refractivity contribution in [3.8, 4) is 10.4 Å². The Morgan fingerprint density at radius 3 is 2.55 bits per heavy atom. The van der Waals surface area contributed by atoms with Crippen LogP contribution >= 0.6 is 11.3 Å².